The summed E-state index contributed by atoms with van der Waals surface area (Å²) in [6.45, 7) is 0.491. The van der Waals surface area contributed by atoms with Crippen LogP contribution in [0, 0.1) is 5.92 Å². The quantitative estimate of drug-likeness (QED) is 0.174. The van der Waals surface area contributed by atoms with Gasteiger partial charge in [-0.25, -0.2) is 0 Å². The third kappa shape index (κ3) is 5.16. The van der Waals surface area contributed by atoms with Gasteiger partial charge in [-0.15, -0.1) is 0 Å². The number of anilines is 1. The molecule has 1 N–H and O–H groups in total. The molecule has 4 aromatic rings. The van der Waals surface area contributed by atoms with E-state index in [1.165, 1.54) is 16.8 Å². The Hall–Kier alpha value is -3.15. The second-order valence-corrected chi connectivity index (χ2v) is 11.3. The van der Waals surface area contributed by atoms with E-state index >= 15 is 0 Å². The lowest BCUT2D eigenvalue weighted by molar-refractivity contribution is 0.304. The molecule has 3 atom stereocenters. The first-order valence-corrected chi connectivity index (χ1v) is 14.1. The molecular formula is C32H26Br2N2O. The molecule has 6 rings (SSSR count). The van der Waals surface area contributed by atoms with E-state index in [0.29, 0.717) is 18.4 Å². The Morgan fingerprint density at radius 3 is 2.54 bits per heavy atom. The highest BCUT2D eigenvalue weighted by molar-refractivity contribution is 9.11. The zero-order valence-electron chi connectivity index (χ0n) is 20.1. The normalized spacial score (nSPS) is 19.9. The third-order valence-corrected chi connectivity index (χ3v) is 8.19. The minimum atomic E-state index is 0.284. The molecule has 37 heavy (non-hydrogen) atoms. The maximum atomic E-state index is 6.19. The van der Waals surface area contributed by atoms with Crippen LogP contribution in [0.5, 0.6) is 5.75 Å². The number of rotatable bonds is 6. The SMILES string of the molecule is Brc1cc(Br)c(OCc2ccccc2)c(C=Nc2ccc([C@@H]3Nc4ccccc4[C@H]4C=CC[C@H]43)cc2)c1. The maximum Gasteiger partial charge on any atom is 0.142 e. The molecule has 1 aliphatic carbocycles. The van der Waals surface area contributed by atoms with E-state index in [9.17, 15) is 0 Å². The molecule has 0 spiro atoms. The Morgan fingerprint density at radius 1 is 0.919 bits per heavy atom. The summed E-state index contributed by atoms with van der Waals surface area (Å²) in [5, 5.41) is 3.80. The van der Waals surface area contributed by atoms with E-state index in [2.05, 4.69) is 110 Å². The van der Waals surface area contributed by atoms with Crippen molar-refractivity contribution < 1.29 is 4.74 Å². The minimum absolute atomic E-state index is 0.284. The summed E-state index contributed by atoms with van der Waals surface area (Å²) in [4.78, 5) is 4.78. The molecule has 5 heteroatoms. The minimum Gasteiger partial charge on any atom is -0.487 e. The number of benzene rings is 4. The fourth-order valence-corrected chi connectivity index (χ4v) is 6.72. The second-order valence-electron chi connectivity index (χ2n) is 9.49. The smallest absolute Gasteiger partial charge is 0.142 e. The van der Waals surface area contributed by atoms with Gasteiger partial charge >= 0.3 is 0 Å². The Bertz CT molecular complexity index is 1460. The standard InChI is InChI=1S/C32H26Br2N2O/c33-24-17-23(32(29(34)18-24)37-20-21-7-2-1-3-8-21)19-35-25-15-13-22(14-16-25)31-28-11-6-10-26(28)27-9-4-5-12-30(27)36-31/h1-10,12-19,26,28,31,36H,11,20H2/t26-,28-,31+/m1/s1. The van der Waals surface area contributed by atoms with Crippen molar-refractivity contribution in [2.24, 2.45) is 10.9 Å². The van der Waals surface area contributed by atoms with Crippen LogP contribution in [0.25, 0.3) is 0 Å². The van der Waals surface area contributed by atoms with Crippen molar-refractivity contribution in [3.05, 3.63) is 134 Å². The fraction of sp³-hybridized carbons (Fsp3) is 0.156. The van der Waals surface area contributed by atoms with Crippen LogP contribution in [0.1, 0.15) is 40.6 Å². The van der Waals surface area contributed by atoms with E-state index in [0.717, 1.165) is 37.9 Å². The van der Waals surface area contributed by atoms with Gasteiger partial charge in [0, 0.05) is 27.9 Å². The first-order chi connectivity index (χ1) is 18.2. The number of ether oxygens (including phenoxy) is 1. The lowest BCUT2D eigenvalue weighted by Gasteiger charge is -2.37. The summed E-state index contributed by atoms with van der Waals surface area (Å²) in [6.07, 6.45) is 7.68. The van der Waals surface area contributed by atoms with Crippen molar-refractivity contribution in [1.82, 2.24) is 0 Å². The predicted molar refractivity (Wildman–Crippen MR) is 159 cm³/mol. The summed E-state index contributed by atoms with van der Waals surface area (Å²) in [5.41, 5.74) is 6.88. The van der Waals surface area contributed by atoms with E-state index < -0.39 is 0 Å². The zero-order chi connectivity index (χ0) is 25.2. The van der Waals surface area contributed by atoms with Crippen LogP contribution in [0.2, 0.25) is 0 Å². The lowest BCUT2D eigenvalue weighted by Crippen LogP contribution is -2.28. The van der Waals surface area contributed by atoms with Crippen molar-refractivity contribution in [3.8, 4) is 5.75 Å². The molecule has 0 radical (unpaired) electrons. The summed E-state index contributed by atoms with van der Waals surface area (Å²) in [6, 6.07) is 31.8. The molecule has 2 aliphatic rings. The van der Waals surface area contributed by atoms with Gasteiger partial charge in [-0.1, -0.05) is 88.7 Å². The van der Waals surface area contributed by atoms with Crippen LogP contribution in [0.4, 0.5) is 11.4 Å². The molecule has 0 unspecified atom stereocenters. The summed E-state index contributed by atoms with van der Waals surface area (Å²) < 4.78 is 8.04. The average Bonchev–Trinajstić information content (AvgIpc) is 3.42. The van der Waals surface area contributed by atoms with Gasteiger partial charge in [0.1, 0.15) is 12.4 Å². The number of aliphatic imine (C=N–C) groups is 1. The van der Waals surface area contributed by atoms with Crippen LogP contribution in [0.15, 0.2) is 117 Å². The van der Waals surface area contributed by atoms with Crippen molar-refractivity contribution in [3.63, 3.8) is 0 Å². The molecule has 0 saturated carbocycles. The van der Waals surface area contributed by atoms with Gasteiger partial charge in [0.25, 0.3) is 0 Å². The van der Waals surface area contributed by atoms with E-state index in [-0.39, 0.29) is 6.04 Å². The number of fused-ring (bicyclic) bond motifs is 3. The van der Waals surface area contributed by atoms with Crippen molar-refractivity contribution in [1.29, 1.82) is 0 Å². The number of nitrogens with zero attached hydrogens (tertiary/aromatic N) is 1. The van der Waals surface area contributed by atoms with Crippen molar-refractivity contribution in [2.45, 2.75) is 25.0 Å². The fourth-order valence-electron chi connectivity index (χ4n) is 5.34. The predicted octanol–water partition coefficient (Wildman–Crippen LogP) is 9.37. The van der Waals surface area contributed by atoms with Gasteiger partial charge in [-0.3, -0.25) is 4.99 Å². The topological polar surface area (TPSA) is 33.6 Å². The highest BCUT2D eigenvalue weighted by atomic mass is 79.9. The zero-order valence-corrected chi connectivity index (χ0v) is 23.3. The molecule has 1 heterocycles. The van der Waals surface area contributed by atoms with Crippen LogP contribution in [-0.2, 0) is 6.61 Å². The van der Waals surface area contributed by atoms with Crippen LogP contribution >= 0.6 is 31.9 Å². The van der Waals surface area contributed by atoms with Gasteiger partial charge in [-0.2, -0.15) is 0 Å². The number of para-hydroxylation sites is 1. The number of hydrogen-bond donors (Lipinski definition) is 1. The lowest BCUT2D eigenvalue weighted by atomic mass is 9.77. The number of nitrogens with one attached hydrogen (secondary N) is 1. The second kappa shape index (κ2) is 10.7. The van der Waals surface area contributed by atoms with Crippen LogP contribution in [0.3, 0.4) is 0 Å². The van der Waals surface area contributed by atoms with Gasteiger partial charge in [0.05, 0.1) is 16.2 Å². The number of allylic oxidation sites excluding steroid dienone is 2. The molecule has 0 saturated heterocycles. The molecule has 184 valence electrons. The monoisotopic (exact) mass is 612 g/mol. The Kier molecular flexibility index (Phi) is 6.99. The van der Waals surface area contributed by atoms with Gasteiger partial charge < -0.3 is 10.1 Å². The highest BCUT2D eigenvalue weighted by Gasteiger charge is 2.37. The van der Waals surface area contributed by atoms with Crippen molar-refractivity contribution in [2.75, 3.05) is 5.32 Å². The largest absolute Gasteiger partial charge is 0.487 e. The molecule has 1 aliphatic heterocycles. The third-order valence-electron chi connectivity index (χ3n) is 7.14. The van der Waals surface area contributed by atoms with E-state index in [4.69, 9.17) is 9.73 Å². The van der Waals surface area contributed by atoms with Crippen molar-refractivity contribution >= 4 is 49.4 Å². The molecule has 0 aromatic heterocycles. The van der Waals surface area contributed by atoms with Crippen LogP contribution < -0.4 is 10.1 Å². The highest BCUT2D eigenvalue weighted by Crippen LogP contribution is 2.49. The van der Waals surface area contributed by atoms with Crippen LogP contribution in [-0.4, -0.2) is 6.21 Å². The molecule has 4 aromatic carbocycles. The molecule has 3 nitrogen and oxygen atoms in total. The Balaban J connectivity index is 1.22. The summed E-state index contributed by atoms with van der Waals surface area (Å²) in [5.74, 6) is 1.79. The first-order valence-electron chi connectivity index (χ1n) is 12.5. The first kappa shape index (κ1) is 24.2. The number of hydrogen-bond acceptors (Lipinski definition) is 3. The Labute approximate surface area is 234 Å². The van der Waals surface area contributed by atoms with Gasteiger partial charge in [0.2, 0.25) is 0 Å². The average molecular weight is 614 g/mol. The van der Waals surface area contributed by atoms with Gasteiger partial charge in [0.15, 0.2) is 0 Å². The summed E-state index contributed by atoms with van der Waals surface area (Å²) in [7, 11) is 0. The molecule has 0 fully saturated rings. The van der Waals surface area contributed by atoms with E-state index in [1.54, 1.807) is 0 Å². The van der Waals surface area contributed by atoms with E-state index in [1.807, 2.05) is 36.5 Å². The van der Waals surface area contributed by atoms with Gasteiger partial charge in [-0.05, 0) is 75.3 Å². The summed E-state index contributed by atoms with van der Waals surface area (Å²) >= 11 is 7.25. The number of halogens is 2. The maximum absolute atomic E-state index is 6.19. The molecular weight excluding hydrogens is 588 g/mol. The molecule has 0 amide bonds. The molecule has 0 bridgehead atoms. The Morgan fingerprint density at radius 2 is 1.70 bits per heavy atom.